The average Bonchev–Trinajstić information content (AvgIpc) is 2.24. The Kier molecular flexibility index (Phi) is 3.10. The van der Waals surface area contributed by atoms with Crippen molar-refractivity contribution in [1.29, 1.82) is 0 Å². The van der Waals surface area contributed by atoms with Crippen LogP contribution in [-0.2, 0) is 14.4 Å². The van der Waals surface area contributed by atoms with Crippen LogP contribution in [0.2, 0.25) is 0 Å². The Morgan fingerprint density at radius 3 is 2.56 bits per heavy atom. The fraction of sp³-hybridized carbons (Fsp3) is 0.545. The number of hydrogen-bond acceptors (Lipinski definition) is 4. The molecule has 0 aromatic carbocycles. The number of rotatable bonds is 2. The van der Waals surface area contributed by atoms with E-state index in [1.165, 1.54) is 23.6 Å². The molecule has 0 unspecified atom stereocenters. The molecule has 6 nitrogen and oxygen atoms in total. The van der Waals surface area contributed by atoms with Crippen LogP contribution >= 0.6 is 11.8 Å². The average molecular weight is 270 g/mol. The van der Waals surface area contributed by atoms with Crippen LogP contribution in [0.1, 0.15) is 20.8 Å². The van der Waals surface area contributed by atoms with E-state index in [2.05, 4.69) is 5.32 Å². The lowest BCUT2D eigenvalue weighted by Crippen LogP contribution is -2.74. The molecule has 0 aliphatic carbocycles. The van der Waals surface area contributed by atoms with Gasteiger partial charge in [-0.1, -0.05) is 6.92 Å². The number of nitrogens with zero attached hydrogens (tertiary/aromatic N) is 1. The smallest absolute Gasteiger partial charge is 0.353 e. The molecule has 2 aliphatic heterocycles. The quantitative estimate of drug-likeness (QED) is 0.698. The lowest BCUT2D eigenvalue weighted by Gasteiger charge is -2.52. The van der Waals surface area contributed by atoms with Crippen molar-refractivity contribution in [2.75, 3.05) is 0 Å². The summed E-state index contributed by atoms with van der Waals surface area (Å²) in [6, 6.07) is -0.881. The lowest BCUT2D eigenvalue weighted by molar-refractivity contribution is -0.154. The Labute approximate surface area is 108 Å². The van der Waals surface area contributed by atoms with Crippen molar-refractivity contribution in [3.63, 3.8) is 0 Å². The maximum atomic E-state index is 11.9. The van der Waals surface area contributed by atoms with Crippen LogP contribution in [0.3, 0.4) is 0 Å². The number of hydrogen-bond donors (Lipinski definition) is 2. The van der Waals surface area contributed by atoms with E-state index >= 15 is 0 Å². The highest BCUT2D eigenvalue weighted by molar-refractivity contribution is 8.03. The van der Waals surface area contributed by atoms with E-state index in [4.69, 9.17) is 5.11 Å². The zero-order chi connectivity index (χ0) is 13.6. The van der Waals surface area contributed by atoms with Gasteiger partial charge in [0, 0.05) is 17.1 Å². The van der Waals surface area contributed by atoms with Crippen LogP contribution in [-0.4, -0.2) is 45.1 Å². The largest absolute Gasteiger partial charge is 0.477 e. The summed E-state index contributed by atoms with van der Waals surface area (Å²) in [6.07, 6.45) is 0. The van der Waals surface area contributed by atoms with Crippen molar-refractivity contribution in [3.05, 3.63) is 10.6 Å². The lowest BCUT2D eigenvalue weighted by atomic mass is 9.90. The van der Waals surface area contributed by atoms with Gasteiger partial charge in [-0.15, -0.1) is 11.8 Å². The molecule has 2 amide bonds. The van der Waals surface area contributed by atoms with Gasteiger partial charge >= 0.3 is 5.97 Å². The molecule has 0 aromatic rings. The zero-order valence-electron chi connectivity index (χ0n) is 10.3. The summed E-state index contributed by atoms with van der Waals surface area (Å²) < 4.78 is 0. The molecule has 0 bridgehead atoms. The summed E-state index contributed by atoms with van der Waals surface area (Å²) in [5.74, 6) is -1.74. The molecule has 1 saturated heterocycles. The first-order chi connectivity index (χ1) is 8.34. The van der Waals surface area contributed by atoms with Crippen LogP contribution in [0.4, 0.5) is 0 Å². The summed E-state index contributed by atoms with van der Waals surface area (Å²) >= 11 is 1.43. The Morgan fingerprint density at radius 1 is 1.44 bits per heavy atom. The first-order valence-corrected chi connectivity index (χ1v) is 6.43. The van der Waals surface area contributed by atoms with Gasteiger partial charge in [0.05, 0.1) is 6.04 Å². The molecule has 3 atom stereocenters. The van der Waals surface area contributed by atoms with Gasteiger partial charge in [0.1, 0.15) is 11.7 Å². The number of carboxylic acids is 1. The van der Waals surface area contributed by atoms with Crippen LogP contribution in [0.5, 0.6) is 0 Å². The van der Waals surface area contributed by atoms with E-state index in [1.807, 2.05) is 6.92 Å². The molecule has 2 N–H and O–H groups in total. The number of thioether (sulfide) groups is 1. The number of β-lactam (4-membered cyclic amide) rings is 1. The topological polar surface area (TPSA) is 86.7 Å². The molecule has 2 aliphatic rings. The second kappa shape index (κ2) is 4.31. The normalized spacial score (nSPS) is 30.7. The van der Waals surface area contributed by atoms with Gasteiger partial charge in [-0.3, -0.25) is 14.5 Å². The third kappa shape index (κ3) is 1.78. The van der Waals surface area contributed by atoms with Crippen LogP contribution in [0, 0.1) is 0 Å². The van der Waals surface area contributed by atoms with Gasteiger partial charge in [0.2, 0.25) is 5.91 Å². The monoisotopic (exact) mass is 270 g/mol. The first-order valence-electron chi connectivity index (χ1n) is 5.55. The highest BCUT2D eigenvalue weighted by atomic mass is 32.2. The van der Waals surface area contributed by atoms with Gasteiger partial charge in [-0.25, -0.2) is 4.79 Å². The maximum Gasteiger partial charge on any atom is 0.353 e. The van der Waals surface area contributed by atoms with Crippen molar-refractivity contribution in [2.45, 2.75) is 38.1 Å². The van der Waals surface area contributed by atoms with E-state index < -0.39 is 12.0 Å². The molecule has 2 rings (SSSR count). The van der Waals surface area contributed by atoms with Gasteiger partial charge in [-0.05, 0) is 6.92 Å². The summed E-state index contributed by atoms with van der Waals surface area (Å²) in [6.45, 7) is 4.96. The number of aliphatic carboxylic acids is 1. The van der Waals surface area contributed by atoms with E-state index in [0.29, 0.717) is 4.91 Å². The highest BCUT2D eigenvalue weighted by Crippen LogP contribution is 2.43. The number of carboxylic acid groups (broad SMARTS) is 1. The molecule has 18 heavy (non-hydrogen) atoms. The number of allylic oxidation sites excluding steroid dienone is 1. The third-order valence-corrected chi connectivity index (χ3v) is 4.32. The third-order valence-electron chi connectivity index (χ3n) is 3.12. The Balaban J connectivity index is 2.32. The summed E-state index contributed by atoms with van der Waals surface area (Å²) in [7, 11) is 0. The second-order valence-corrected chi connectivity index (χ2v) is 6.00. The summed E-state index contributed by atoms with van der Waals surface area (Å²) in [4.78, 5) is 36.1. The van der Waals surface area contributed by atoms with Crippen molar-refractivity contribution in [1.82, 2.24) is 10.2 Å². The minimum atomic E-state index is -1.11. The van der Waals surface area contributed by atoms with Gasteiger partial charge in [-0.2, -0.15) is 0 Å². The Bertz CT molecular complexity index is 474. The number of fused-ring (bicyclic) bond motifs is 1. The number of carbonyl (C=O) groups excluding carboxylic acids is 2. The van der Waals surface area contributed by atoms with Crippen LogP contribution in [0.15, 0.2) is 10.6 Å². The molecular weight excluding hydrogens is 256 g/mol. The van der Waals surface area contributed by atoms with Gasteiger partial charge < -0.3 is 10.4 Å². The molecule has 0 aromatic heterocycles. The predicted octanol–water partition coefficient (Wildman–Crippen LogP) is 0.153. The maximum absolute atomic E-state index is 11.9. The predicted molar refractivity (Wildman–Crippen MR) is 65.6 cm³/mol. The minimum Gasteiger partial charge on any atom is -0.477 e. The van der Waals surface area contributed by atoms with Gasteiger partial charge in [0.15, 0.2) is 0 Å². The minimum absolute atomic E-state index is 0.0368. The Hall–Kier alpha value is -1.50. The van der Waals surface area contributed by atoms with E-state index in [9.17, 15) is 14.4 Å². The molecule has 1 fully saturated rings. The van der Waals surface area contributed by atoms with E-state index in [1.54, 1.807) is 6.92 Å². The fourth-order valence-electron chi connectivity index (χ4n) is 2.44. The Morgan fingerprint density at radius 2 is 2.06 bits per heavy atom. The molecule has 2 heterocycles. The molecule has 0 saturated carbocycles. The highest BCUT2D eigenvalue weighted by Gasteiger charge is 2.55. The van der Waals surface area contributed by atoms with Crippen LogP contribution in [0.25, 0.3) is 0 Å². The first kappa shape index (κ1) is 12.9. The molecule has 0 radical (unpaired) electrons. The van der Waals surface area contributed by atoms with Crippen molar-refractivity contribution in [3.8, 4) is 0 Å². The summed E-state index contributed by atoms with van der Waals surface area (Å²) in [5.41, 5.74) is 0.0368. The van der Waals surface area contributed by atoms with Crippen LogP contribution < -0.4 is 5.32 Å². The zero-order valence-corrected chi connectivity index (χ0v) is 11.1. The fourth-order valence-corrected chi connectivity index (χ4v) is 3.72. The molecule has 0 spiro atoms. The standard InChI is InChI=1S/C11H14N2O4S/c1-4-8-7(12-6(3)14)10(15)13(8)9(11(16)17)5(2)18-4/h4,7-8H,1-3H3,(H,12,14)(H,16,17)/t4-,7-,8-/m0/s1. The van der Waals surface area contributed by atoms with Crippen molar-refractivity contribution < 1.29 is 19.5 Å². The SMILES string of the molecule is CC(=O)N[C@@H]1C(=O)N2C(C(=O)O)=C(C)S[C@@H](C)[C@@H]12. The molecular formula is C11H14N2O4S. The van der Waals surface area contributed by atoms with Gasteiger partial charge in [0.25, 0.3) is 5.91 Å². The number of amides is 2. The second-order valence-electron chi connectivity index (χ2n) is 4.41. The van der Waals surface area contributed by atoms with E-state index in [0.717, 1.165) is 0 Å². The van der Waals surface area contributed by atoms with E-state index in [-0.39, 0.29) is 28.8 Å². The molecule has 7 heteroatoms. The number of nitrogens with one attached hydrogen (secondary N) is 1. The molecule has 98 valence electrons. The number of carbonyl (C=O) groups is 3. The summed E-state index contributed by atoms with van der Waals surface area (Å²) in [5, 5.41) is 11.8. The van der Waals surface area contributed by atoms with Crippen molar-refractivity contribution in [2.24, 2.45) is 0 Å². The van der Waals surface area contributed by atoms with Crippen molar-refractivity contribution >= 4 is 29.5 Å².